The van der Waals surface area contributed by atoms with Crippen LogP contribution in [-0.2, 0) is 0 Å². The van der Waals surface area contributed by atoms with Crippen LogP contribution in [0.4, 0.5) is 0 Å². The number of benzene rings is 4. The summed E-state index contributed by atoms with van der Waals surface area (Å²) < 4.78 is 5.75. The number of rotatable bonds is 3. The Kier molecular flexibility index (Phi) is 4.24. The Morgan fingerprint density at radius 2 is 1.42 bits per heavy atom. The van der Waals surface area contributed by atoms with Gasteiger partial charge in [0.15, 0.2) is 0 Å². The molecule has 0 unspecified atom stereocenters. The molecule has 0 N–H and O–H groups in total. The molecule has 0 saturated heterocycles. The second-order valence-corrected chi connectivity index (χ2v) is 6.23. The van der Waals surface area contributed by atoms with Crippen LogP contribution in [0.5, 0.6) is 5.75 Å². The second kappa shape index (κ2) is 6.85. The molecule has 0 heterocycles. The molecule has 2 nitrogen and oxygen atoms in total. The summed E-state index contributed by atoms with van der Waals surface area (Å²) in [4.78, 5) is 12.5. The average Bonchev–Trinajstić information content (AvgIpc) is 2.69. The Morgan fingerprint density at radius 3 is 2.27 bits per heavy atom. The third-order valence-corrected chi connectivity index (χ3v) is 4.51. The maximum Gasteiger partial charge on any atom is 0.343 e. The molecule has 4 aromatic carbocycles. The Labute approximate surface area is 152 Å². The fraction of sp³-hybridized carbons (Fsp3) is 0.0417. The quantitative estimate of drug-likeness (QED) is 0.336. The molecule has 126 valence electrons. The van der Waals surface area contributed by atoms with E-state index < -0.39 is 0 Å². The topological polar surface area (TPSA) is 26.3 Å². The lowest BCUT2D eigenvalue weighted by atomic mass is 9.93. The van der Waals surface area contributed by atoms with E-state index in [1.165, 1.54) is 0 Å². The predicted molar refractivity (Wildman–Crippen MR) is 106 cm³/mol. The number of carbonyl (C=O) groups excluding carboxylic acids is 1. The van der Waals surface area contributed by atoms with Gasteiger partial charge in [-0.05, 0) is 47.0 Å². The van der Waals surface area contributed by atoms with E-state index in [4.69, 9.17) is 4.74 Å². The lowest BCUT2D eigenvalue weighted by molar-refractivity contribution is 0.0735. The van der Waals surface area contributed by atoms with Crippen molar-refractivity contribution in [3.63, 3.8) is 0 Å². The summed E-state index contributed by atoms with van der Waals surface area (Å²) in [5.41, 5.74) is 3.70. The fourth-order valence-electron chi connectivity index (χ4n) is 3.23. The van der Waals surface area contributed by atoms with E-state index in [1.807, 2.05) is 54.6 Å². The minimum Gasteiger partial charge on any atom is -0.422 e. The number of hydrogen-bond donors (Lipinski definition) is 0. The Morgan fingerprint density at radius 1 is 0.731 bits per heavy atom. The van der Waals surface area contributed by atoms with E-state index in [-0.39, 0.29) is 5.97 Å². The highest BCUT2D eigenvalue weighted by molar-refractivity contribution is 6.00. The molecular formula is C24H18O2. The molecule has 0 spiro atoms. The van der Waals surface area contributed by atoms with Gasteiger partial charge < -0.3 is 4.74 Å². The van der Waals surface area contributed by atoms with Crippen molar-refractivity contribution in [2.45, 2.75) is 6.92 Å². The molecule has 4 aromatic rings. The third kappa shape index (κ3) is 2.98. The molecule has 0 aliphatic heterocycles. The van der Waals surface area contributed by atoms with Gasteiger partial charge in [-0.15, -0.1) is 0 Å². The number of carbonyl (C=O) groups is 1. The van der Waals surface area contributed by atoms with Crippen molar-refractivity contribution in [3.8, 4) is 16.9 Å². The summed E-state index contributed by atoms with van der Waals surface area (Å²) in [5, 5.41) is 2.31. The predicted octanol–water partition coefficient (Wildman–Crippen LogP) is 6.03. The van der Waals surface area contributed by atoms with Crippen molar-refractivity contribution >= 4 is 16.7 Å². The molecule has 0 aliphatic rings. The number of fused-ring (bicyclic) bond motifs is 1. The van der Waals surface area contributed by atoms with Crippen LogP contribution in [0.25, 0.3) is 21.9 Å². The average molecular weight is 338 g/mol. The van der Waals surface area contributed by atoms with E-state index in [0.29, 0.717) is 11.3 Å². The maximum absolute atomic E-state index is 12.5. The van der Waals surface area contributed by atoms with Crippen LogP contribution in [0.3, 0.4) is 0 Å². The monoisotopic (exact) mass is 338 g/mol. The highest BCUT2D eigenvalue weighted by Gasteiger charge is 2.15. The van der Waals surface area contributed by atoms with Gasteiger partial charge in [0, 0.05) is 5.56 Å². The molecule has 0 saturated carbocycles. The molecule has 0 aliphatic carbocycles. The lowest BCUT2D eigenvalue weighted by Gasteiger charge is -2.15. The van der Waals surface area contributed by atoms with Gasteiger partial charge in [-0.25, -0.2) is 4.79 Å². The first kappa shape index (κ1) is 16.1. The second-order valence-electron chi connectivity index (χ2n) is 6.23. The van der Waals surface area contributed by atoms with Crippen molar-refractivity contribution in [1.82, 2.24) is 0 Å². The normalized spacial score (nSPS) is 10.7. The molecule has 0 amide bonds. The van der Waals surface area contributed by atoms with Crippen LogP contribution in [0.1, 0.15) is 15.9 Å². The largest absolute Gasteiger partial charge is 0.422 e. The number of esters is 1. The first-order valence-corrected chi connectivity index (χ1v) is 8.59. The number of para-hydroxylation sites is 1. The summed E-state index contributed by atoms with van der Waals surface area (Å²) in [6, 6.07) is 29.2. The van der Waals surface area contributed by atoms with Crippen LogP contribution >= 0.6 is 0 Å². The van der Waals surface area contributed by atoms with Gasteiger partial charge in [-0.3, -0.25) is 0 Å². The van der Waals surface area contributed by atoms with E-state index >= 15 is 0 Å². The molecule has 0 radical (unpaired) electrons. The van der Waals surface area contributed by atoms with Gasteiger partial charge in [-0.2, -0.15) is 0 Å². The third-order valence-electron chi connectivity index (χ3n) is 4.51. The fourth-order valence-corrected chi connectivity index (χ4v) is 3.23. The van der Waals surface area contributed by atoms with Gasteiger partial charge in [0.05, 0.1) is 5.56 Å². The Bertz CT molecular complexity index is 1080. The SMILES string of the molecule is Cc1ccc2ccccc2c1-c1ccccc1OC(=O)c1ccccc1. The highest BCUT2D eigenvalue weighted by Crippen LogP contribution is 2.37. The summed E-state index contributed by atoms with van der Waals surface area (Å²) in [6.45, 7) is 2.08. The zero-order valence-corrected chi connectivity index (χ0v) is 14.5. The molecule has 4 rings (SSSR count). The highest BCUT2D eigenvalue weighted by atomic mass is 16.5. The van der Waals surface area contributed by atoms with Crippen LogP contribution in [0.2, 0.25) is 0 Å². The van der Waals surface area contributed by atoms with E-state index in [9.17, 15) is 4.79 Å². The Hall–Kier alpha value is -3.39. The van der Waals surface area contributed by atoms with Crippen molar-refractivity contribution in [3.05, 3.63) is 102 Å². The first-order chi connectivity index (χ1) is 12.7. The molecule has 0 aromatic heterocycles. The zero-order chi connectivity index (χ0) is 17.9. The first-order valence-electron chi connectivity index (χ1n) is 8.59. The van der Waals surface area contributed by atoms with Crippen LogP contribution in [0.15, 0.2) is 91.0 Å². The van der Waals surface area contributed by atoms with Gasteiger partial charge in [0.2, 0.25) is 0 Å². The zero-order valence-electron chi connectivity index (χ0n) is 14.5. The van der Waals surface area contributed by atoms with E-state index in [1.54, 1.807) is 12.1 Å². The van der Waals surface area contributed by atoms with Crippen LogP contribution < -0.4 is 4.74 Å². The summed E-state index contributed by atoms with van der Waals surface area (Å²) in [5.74, 6) is 0.219. The van der Waals surface area contributed by atoms with Crippen LogP contribution in [0, 0.1) is 6.92 Å². The van der Waals surface area contributed by atoms with Crippen molar-refractivity contribution in [2.75, 3.05) is 0 Å². The van der Waals surface area contributed by atoms with E-state index in [0.717, 1.165) is 27.5 Å². The van der Waals surface area contributed by atoms with Gasteiger partial charge in [0.1, 0.15) is 5.75 Å². The molecule has 2 heteroatoms. The van der Waals surface area contributed by atoms with Crippen molar-refractivity contribution < 1.29 is 9.53 Å². The Balaban J connectivity index is 1.83. The minimum absolute atomic E-state index is 0.351. The van der Waals surface area contributed by atoms with Crippen molar-refractivity contribution in [2.24, 2.45) is 0 Å². The summed E-state index contributed by atoms with van der Waals surface area (Å²) in [6.07, 6.45) is 0. The summed E-state index contributed by atoms with van der Waals surface area (Å²) in [7, 11) is 0. The van der Waals surface area contributed by atoms with E-state index in [2.05, 4.69) is 31.2 Å². The minimum atomic E-state index is -0.351. The van der Waals surface area contributed by atoms with Crippen molar-refractivity contribution in [1.29, 1.82) is 0 Å². The molecule has 26 heavy (non-hydrogen) atoms. The smallest absolute Gasteiger partial charge is 0.343 e. The lowest BCUT2D eigenvalue weighted by Crippen LogP contribution is -2.09. The van der Waals surface area contributed by atoms with Gasteiger partial charge in [-0.1, -0.05) is 72.8 Å². The van der Waals surface area contributed by atoms with Gasteiger partial charge in [0.25, 0.3) is 0 Å². The molecule has 0 atom stereocenters. The number of hydrogen-bond acceptors (Lipinski definition) is 2. The van der Waals surface area contributed by atoms with Crippen LogP contribution in [-0.4, -0.2) is 5.97 Å². The molecule has 0 bridgehead atoms. The standard InChI is InChI=1S/C24H18O2/c1-17-15-16-18-9-5-6-12-20(18)23(17)21-13-7-8-14-22(21)26-24(25)19-10-3-2-4-11-19/h2-16H,1H3. The van der Waals surface area contributed by atoms with Gasteiger partial charge >= 0.3 is 5.97 Å². The summed E-state index contributed by atoms with van der Waals surface area (Å²) >= 11 is 0. The maximum atomic E-state index is 12.5. The number of aryl methyl sites for hydroxylation is 1. The number of ether oxygens (including phenoxy) is 1. The molecule has 0 fully saturated rings. The molecular weight excluding hydrogens is 320 g/mol.